The summed E-state index contributed by atoms with van der Waals surface area (Å²) in [4.78, 5) is 14.6. The minimum Gasteiger partial charge on any atom is -0.505 e. The number of nitrogens with zero attached hydrogens (tertiary/aromatic N) is 1. The SMILES string of the molecule is COc1c(Cl)cc(Cl)c(O)c1C(=O)NCC1CCCN1CCOS(C)(=O)=O. The van der Waals surface area contributed by atoms with E-state index in [1.54, 1.807) is 0 Å². The van der Waals surface area contributed by atoms with Gasteiger partial charge in [-0.1, -0.05) is 23.2 Å². The van der Waals surface area contributed by atoms with Gasteiger partial charge in [0.05, 0.1) is 30.0 Å². The summed E-state index contributed by atoms with van der Waals surface area (Å²) in [5.74, 6) is -0.922. The molecule has 1 heterocycles. The number of benzene rings is 1. The lowest BCUT2D eigenvalue weighted by atomic mass is 10.1. The third-order valence-corrected chi connectivity index (χ3v) is 5.43. The first-order valence-electron chi connectivity index (χ1n) is 8.25. The molecular formula is C16H22Cl2N2O6S. The van der Waals surface area contributed by atoms with Crippen molar-refractivity contribution in [2.75, 3.05) is 39.6 Å². The number of methoxy groups -OCH3 is 1. The Hall–Kier alpha value is -1.26. The van der Waals surface area contributed by atoms with E-state index in [0.29, 0.717) is 13.1 Å². The van der Waals surface area contributed by atoms with E-state index in [9.17, 15) is 18.3 Å². The van der Waals surface area contributed by atoms with Crippen LogP contribution in [0, 0.1) is 0 Å². The highest BCUT2D eigenvalue weighted by Gasteiger charge is 2.27. The van der Waals surface area contributed by atoms with E-state index >= 15 is 0 Å². The zero-order chi connectivity index (χ0) is 20.2. The Morgan fingerprint density at radius 3 is 2.74 bits per heavy atom. The molecule has 0 radical (unpaired) electrons. The van der Waals surface area contributed by atoms with Crippen LogP contribution in [0.3, 0.4) is 0 Å². The summed E-state index contributed by atoms with van der Waals surface area (Å²) in [7, 11) is -2.14. The van der Waals surface area contributed by atoms with Crippen molar-refractivity contribution in [2.24, 2.45) is 0 Å². The molecule has 2 N–H and O–H groups in total. The van der Waals surface area contributed by atoms with Crippen LogP contribution in [0.15, 0.2) is 6.07 Å². The Morgan fingerprint density at radius 1 is 1.41 bits per heavy atom. The van der Waals surface area contributed by atoms with Crippen molar-refractivity contribution in [3.05, 3.63) is 21.7 Å². The van der Waals surface area contributed by atoms with Gasteiger partial charge < -0.3 is 15.2 Å². The van der Waals surface area contributed by atoms with Crippen molar-refractivity contribution < 1.29 is 27.2 Å². The van der Waals surface area contributed by atoms with Crippen molar-refractivity contribution >= 4 is 39.2 Å². The standard InChI is InChI=1S/C16H22Cl2N2O6S/c1-25-15-12(18)8-11(17)14(21)13(15)16(22)19-9-10-4-3-5-20(10)6-7-26-27(2,23)24/h8,10,21H,3-7,9H2,1-2H3,(H,19,22). The van der Waals surface area contributed by atoms with Crippen LogP contribution in [0.2, 0.25) is 10.0 Å². The van der Waals surface area contributed by atoms with Gasteiger partial charge in [0.15, 0.2) is 11.5 Å². The largest absolute Gasteiger partial charge is 0.505 e. The Bertz CT molecular complexity index is 803. The number of aromatic hydroxyl groups is 1. The molecule has 1 amide bonds. The predicted octanol–water partition coefficient (Wildman–Crippen LogP) is 1.88. The highest BCUT2D eigenvalue weighted by Crippen LogP contribution is 2.40. The molecule has 11 heteroatoms. The summed E-state index contributed by atoms with van der Waals surface area (Å²) < 4.78 is 32.0. The van der Waals surface area contributed by atoms with Gasteiger partial charge in [0.25, 0.3) is 16.0 Å². The molecule has 8 nitrogen and oxygen atoms in total. The molecule has 0 aromatic heterocycles. The van der Waals surface area contributed by atoms with Crippen LogP contribution in [0.1, 0.15) is 23.2 Å². The number of hydrogen-bond acceptors (Lipinski definition) is 7. The van der Waals surface area contributed by atoms with Crippen molar-refractivity contribution in [1.29, 1.82) is 0 Å². The highest BCUT2D eigenvalue weighted by molar-refractivity contribution is 7.85. The number of carbonyl (C=O) groups excluding carboxylic acids is 1. The molecule has 1 saturated heterocycles. The van der Waals surface area contributed by atoms with Gasteiger partial charge in [0.1, 0.15) is 5.56 Å². The van der Waals surface area contributed by atoms with Gasteiger partial charge in [-0.3, -0.25) is 13.9 Å². The monoisotopic (exact) mass is 440 g/mol. The third-order valence-electron chi connectivity index (χ3n) is 4.26. The summed E-state index contributed by atoms with van der Waals surface area (Å²) in [5, 5.41) is 12.9. The quantitative estimate of drug-likeness (QED) is 0.594. The number of carbonyl (C=O) groups is 1. The van der Waals surface area contributed by atoms with Crippen LogP contribution in [-0.2, 0) is 14.3 Å². The number of amides is 1. The molecule has 1 fully saturated rings. The molecule has 1 unspecified atom stereocenters. The topological polar surface area (TPSA) is 105 Å². The van der Waals surface area contributed by atoms with Crippen molar-refractivity contribution in [1.82, 2.24) is 10.2 Å². The molecule has 2 rings (SSSR count). The summed E-state index contributed by atoms with van der Waals surface area (Å²) in [6.07, 6.45) is 2.78. The molecule has 1 aromatic carbocycles. The lowest BCUT2D eigenvalue weighted by molar-refractivity contribution is 0.0933. The lowest BCUT2D eigenvalue weighted by Gasteiger charge is -2.24. The van der Waals surface area contributed by atoms with Gasteiger partial charge in [0.2, 0.25) is 0 Å². The second-order valence-electron chi connectivity index (χ2n) is 6.17. The van der Waals surface area contributed by atoms with Gasteiger partial charge in [-0.25, -0.2) is 0 Å². The van der Waals surface area contributed by atoms with Crippen LogP contribution < -0.4 is 10.1 Å². The van der Waals surface area contributed by atoms with E-state index in [1.165, 1.54) is 13.2 Å². The molecule has 152 valence electrons. The summed E-state index contributed by atoms with van der Waals surface area (Å²) in [6.45, 7) is 1.59. The molecule has 0 aliphatic carbocycles. The maximum absolute atomic E-state index is 12.6. The third kappa shape index (κ3) is 5.86. The van der Waals surface area contributed by atoms with E-state index in [1.807, 2.05) is 4.90 Å². The fraction of sp³-hybridized carbons (Fsp3) is 0.562. The van der Waals surface area contributed by atoms with Crippen LogP contribution in [0.4, 0.5) is 0 Å². The Labute approximate surface area is 168 Å². The summed E-state index contributed by atoms with van der Waals surface area (Å²) >= 11 is 11.9. The van der Waals surface area contributed by atoms with Crippen LogP contribution in [0.25, 0.3) is 0 Å². The Balaban J connectivity index is 2.01. The second-order valence-corrected chi connectivity index (χ2v) is 8.62. The fourth-order valence-corrected chi connectivity index (χ4v) is 3.94. The minimum atomic E-state index is -3.48. The predicted molar refractivity (Wildman–Crippen MR) is 102 cm³/mol. The zero-order valence-electron chi connectivity index (χ0n) is 15.0. The summed E-state index contributed by atoms with van der Waals surface area (Å²) in [6, 6.07) is 1.33. The first-order chi connectivity index (χ1) is 12.6. The van der Waals surface area contributed by atoms with Gasteiger partial charge >= 0.3 is 0 Å². The molecule has 0 bridgehead atoms. The van der Waals surface area contributed by atoms with E-state index in [4.69, 9.17) is 32.1 Å². The minimum absolute atomic E-state index is 0.0277. The number of phenols is 1. The molecule has 0 spiro atoms. The number of ether oxygens (including phenoxy) is 1. The first kappa shape index (κ1) is 22.0. The molecule has 27 heavy (non-hydrogen) atoms. The number of likely N-dealkylation sites (tertiary alicyclic amines) is 1. The molecule has 1 aromatic rings. The molecule has 0 saturated carbocycles. The molecule has 1 aliphatic heterocycles. The number of nitrogens with one attached hydrogen (secondary N) is 1. The zero-order valence-corrected chi connectivity index (χ0v) is 17.3. The van der Waals surface area contributed by atoms with Gasteiger partial charge in [-0.15, -0.1) is 0 Å². The van der Waals surface area contributed by atoms with Crippen LogP contribution in [-0.4, -0.2) is 70.0 Å². The summed E-state index contributed by atoms with van der Waals surface area (Å²) in [5.41, 5.74) is -0.125. The lowest BCUT2D eigenvalue weighted by Crippen LogP contribution is -2.41. The number of hydrogen-bond donors (Lipinski definition) is 2. The maximum Gasteiger partial charge on any atom is 0.264 e. The Kier molecular flexibility index (Phi) is 7.58. The van der Waals surface area contributed by atoms with E-state index in [2.05, 4.69) is 5.32 Å². The maximum atomic E-state index is 12.6. The molecule has 1 aliphatic rings. The number of halogens is 2. The average molecular weight is 441 g/mol. The van der Waals surface area contributed by atoms with E-state index < -0.39 is 21.8 Å². The first-order valence-corrected chi connectivity index (χ1v) is 10.8. The van der Waals surface area contributed by atoms with E-state index in [-0.39, 0.29) is 34.0 Å². The van der Waals surface area contributed by atoms with Crippen molar-refractivity contribution in [3.63, 3.8) is 0 Å². The Morgan fingerprint density at radius 2 is 2.11 bits per heavy atom. The van der Waals surface area contributed by atoms with Crippen molar-refractivity contribution in [3.8, 4) is 11.5 Å². The second kappa shape index (κ2) is 9.29. The highest BCUT2D eigenvalue weighted by atomic mass is 35.5. The van der Waals surface area contributed by atoms with Crippen molar-refractivity contribution in [2.45, 2.75) is 18.9 Å². The van der Waals surface area contributed by atoms with Gasteiger partial charge in [-0.05, 0) is 25.5 Å². The van der Waals surface area contributed by atoms with Gasteiger partial charge in [0, 0.05) is 19.1 Å². The molecular weight excluding hydrogens is 419 g/mol. The normalized spacial score (nSPS) is 17.9. The fourth-order valence-electron chi connectivity index (χ4n) is 3.03. The van der Waals surface area contributed by atoms with E-state index in [0.717, 1.165) is 25.6 Å². The van der Waals surface area contributed by atoms with Gasteiger partial charge in [-0.2, -0.15) is 8.42 Å². The average Bonchev–Trinajstić information content (AvgIpc) is 3.02. The molecule has 1 atom stereocenters. The number of phenolic OH excluding ortho intramolecular Hbond substituents is 1. The smallest absolute Gasteiger partial charge is 0.264 e. The number of rotatable bonds is 8. The van der Waals surface area contributed by atoms with Crippen LogP contribution in [0.5, 0.6) is 11.5 Å². The van der Waals surface area contributed by atoms with Crippen LogP contribution >= 0.6 is 23.2 Å².